The molecule has 0 radical (unpaired) electrons. The zero-order valence-corrected chi connectivity index (χ0v) is 8.29. The molecule has 3 aromatic rings. The third-order valence-electron chi connectivity index (χ3n) is 2.38. The fraction of sp³-hybridized carbons (Fsp3) is 0. The lowest BCUT2D eigenvalue weighted by atomic mass is 10.2. The fourth-order valence-electron chi connectivity index (χ4n) is 1.61. The van der Waals surface area contributed by atoms with Crippen LogP contribution in [0.3, 0.4) is 0 Å². The van der Waals surface area contributed by atoms with Gasteiger partial charge in [0.15, 0.2) is 0 Å². The second kappa shape index (κ2) is 3.30. The predicted molar refractivity (Wildman–Crippen MR) is 59.0 cm³/mol. The Bertz CT molecular complexity index is 684. The van der Waals surface area contributed by atoms with Crippen molar-refractivity contribution in [3.8, 4) is 11.3 Å². The number of hydrogen-bond donors (Lipinski definition) is 1. The van der Waals surface area contributed by atoms with Gasteiger partial charge in [0.1, 0.15) is 0 Å². The number of hydrogen-bond acceptors (Lipinski definition) is 3. The molecule has 0 amide bonds. The summed E-state index contributed by atoms with van der Waals surface area (Å²) in [5.74, 6) is 0.541. The molecule has 5 nitrogen and oxygen atoms in total. The molecule has 78 valence electrons. The van der Waals surface area contributed by atoms with Gasteiger partial charge in [-0.2, -0.15) is 0 Å². The number of nitrogens with one attached hydrogen (secondary N) is 1. The molecule has 16 heavy (non-hydrogen) atoms. The summed E-state index contributed by atoms with van der Waals surface area (Å²) in [5, 5.41) is 0. The number of aromatic nitrogens is 4. The maximum atomic E-state index is 11.7. The van der Waals surface area contributed by atoms with Gasteiger partial charge >= 0.3 is 0 Å². The first-order chi connectivity index (χ1) is 7.84. The Labute approximate surface area is 90.4 Å². The second-order valence-corrected chi connectivity index (χ2v) is 3.38. The summed E-state index contributed by atoms with van der Waals surface area (Å²) in [5.41, 5.74) is 1.56. The standard InChI is InChI=1S/C11H8N4O/c16-10-7-9(8-1-3-12-4-2-8)14-11-13-5-6-15(10)11/h1-7H,(H,13,14). The van der Waals surface area contributed by atoms with Crippen LogP contribution in [0.25, 0.3) is 17.0 Å². The molecule has 0 unspecified atom stereocenters. The summed E-state index contributed by atoms with van der Waals surface area (Å²) >= 11 is 0. The van der Waals surface area contributed by atoms with E-state index in [0.717, 1.165) is 11.3 Å². The molecule has 0 aliphatic heterocycles. The van der Waals surface area contributed by atoms with Crippen LogP contribution in [-0.2, 0) is 0 Å². The van der Waals surface area contributed by atoms with Gasteiger partial charge in [-0.05, 0) is 12.1 Å². The van der Waals surface area contributed by atoms with Crippen molar-refractivity contribution in [2.45, 2.75) is 0 Å². The minimum Gasteiger partial charge on any atom is -0.324 e. The van der Waals surface area contributed by atoms with Crippen LogP contribution in [0.15, 0.2) is 47.8 Å². The first-order valence-electron chi connectivity index (χ1n) is 4.81. The molecule has 0 spiro atoms. The summed E-state index contributed by atoms with van der Waals surface area (Å²) in [4.78, 5) is 22.8. The lowest BCUT2D eigenvalue weighted by Gasteiger charge is -2.01. The van der Waals surface area contributed by atoms with Gasteiger partial charge in [0.05, 0.1) is 5.69 Å². The van der Waals surface area contributed by atoms with E-state index in [2.05, 4.69) is 15.0 Å². The van der Waals surface area contributed by atoms with E-state index in [-0.39, 0.29) is 5.56 Å². The summed E-state index contributed by atoms with van der Waals surface area (Å²) < 4.78 is 1.46. The van der Waals surface area contributed by atoms with Crippen LogP contribution in [0.1, 0.15) is 0 Å². The SMILES string of the molecule is O=c1cc(-c2ccncc2)[nH]c2nccn12. The predicted octanol–water partition coefficient (Wildman–Crippen LogP) is 1.08. The van der Waals surface area contributed by atoms with Crippen molar-refractivity contribution in [2.24, 2.45) is 0 Å². The van der Waals surface area contributed by atoms with Crippen molar-refractivity contribution in [1.29, 1.82) is 0 Å². The molecule has 5 heteroatoms. The molecule has 0 bridgehead atoms. The number of fused-ring (bicyclic) bond motifs is 1. The van der Waals surface area contributed by atoms with Gasteiger partial charge in [0, 0.05) is 36.4 Å². The Hall–Kier alpha value is -2.43. The van der Waals surface area contributed by atoms with E-state index in [1.54, 1.807) is 30.9 Å². The van der Waals surface area contributed by atoms with Crippen molar-refractivity contribution in [3.63, 3.8) is 0 Å². The number of aromatic amines is 1. The van der Waals surface area contributed by atoms with Crippen molar-refractivity contribution >= 4 is 5.78 Å². The topological polar surface area (TPSA) is 63.0 Å². The Morgan fingerprint density at radius 3 is 2.81 bits per heavy atom. The number of nitrogens with zero attached hydrogens (tertiary/aromatic N) is 3. The maximum absolute atomic E-state index is 11.7. The smallest absolute Gasteiger partial charge is 0.259 e. The minimum atomic E-state index is -0.0990. The normalized spacial score (nSPS) is 10.8. The zero-order valence-electron chi connectivity index (χ0n) is 8.29. The van der Waals surface area contributed by atoms with E-state index in [1.165, 1.54) is 4.40 Å². The quantitative estimate of drug-likeness (QED) is 0.656. The average Bonchev–Trinajstić information content (AvgIpc) is 2.79. The van der Waals surface area contributed by atoms with Crippen LogP contribution in [0.4, 0.5) is 0 Å². The molecule has 0 saturated carbocycles. The summed E-state index contributed by atoms with van der Waals surface area (Å²) in [6.45, 7) is 0. The minimum absolute atomic E-state index is 0.0990. The Balaban J connectivity index is 2.30. The van der Waals surface area contributed by atoms with Crippen LogP contribution < -0.4 is 5.56 Å². The summed E-state index contributed by atoms with van der Waals surface area (Å²) in [6, 6.07) is 5.22. The van der Waals surface area contributed by atoms with Crippen molar-refractivity contribution in [1.82, 2.24) is 19.4 Å². The molecule has 3 heterocycles. The summed E-state index contributed by atoms with van der Waals surface area (Å²) in [7, 11) is 0. The molecular weight excluding hydrogens is 204 g/mol. The molecular formula is C11H8N4O. The largest absolute Gasteiger partial charge is 0.324 e. The van der Waals surface area contributed by atoms with Crippen molar-refractivity contribution in [3.05, 3.63) is 53.3 Å². The van der Waals surface area contributed by atoms with Crippen LogP contribution in [0, 0.1) is 0 Å². The van der Waals surface area contributed by atoms with E-state index in [1.807, 2.05) is 12.1 Å². The molecule has 0 saturated heterocycles. The van der Waals surface area contributed by atoms with E-state index in [4.69, 9.17) is 0 Å². The molecule has 0 aromatic carbocycles. The molecule has 3 aromatic heterocycles. The van der Waals surface area contributed by atoms with Gasteiger partial charge in [0.25, 0.3) is 5.56 Å². The maximum Gasteiger partial charge on any atom is 0.259 e. The highest BCUT2D eigenvalue weighted by Crippen LogP contribution is 2.13. The van der Waals surface area contributed by atoms with E-state index >= 15 is 0 Å². The lowest BCUT2D eigenvalue weighted by Crippen LogP contribution is -2.12. The second-order valence-electron chi connectivity index (χ2n) is 3.38. The van der Waals surface area contributed by atoms with Crippen LogP contribution in [0.5, 0.6) is 0 Å². The first-order valence-corrected chi connectivity index (χ1v) is 4.81. The molecule has 1 N–H and O–H groups in total. The average molecular weight is 212 g/mol. The van der Waals surface area contributed by atoms with Gasteiger partial charge in [-0.25, -0.2) is 4.98 Å². The van der Waals surface area contributed by atoms with Gasteiger partial charge in [-0.3, -0.25) is 14.2 Å². The monoisotopic (exact) mass is 212 g/mol. The van der Waals surface area contributed by atoms with E-state index in [0.29, 0.717) is 5.78 Å². The number of imidazole rings is 1. The third-order valence-corrected chi connectivity index (χ3v) is 2.38. The van der Waals surface area contributed by atoms with Gasteiger partial charge in [-0.15, -0.1) is 0 Å². The molecule has 0 aliphatic rings. The lowest BCUT2D eigenvalue weighted by molar-refractivity contribution is 1.06. The third kappa shape index (κ3) is 1.30. The number of rotatable bonds is 1. The van der Waals surface area contributed by atoms with Gasteiger partial charge < -0.3 is 4.98 Å². The van der Waals surface area contributed by atoms with Crippen molar-refractivity contribution in [2.75, 3.05) is 0 Å². The van der Waals surface area contributed by atoms with Crippen LogP contribution >= 0.6 is 0 Å². The Morgan fingerprint density at radius 1 is 1.19 bits per heavy atom. The number of H-pyrrole nitrogens is 1. The molecule has 0 fully saturated rings. The highest BCUT2D eigenvalue weighted by molar-refractivity contribution is 5.59. The van der Waals surface area contributed by atoms with Crippen LogP contribution in [0.2, 0.25) is 0 Å². The Kier molecular flexibility index (Phi) is 1.83. The highest BCUT2D eigenvalue weighted by Gasteiger charge is 2.03. The fourth-order valence-corrected chi connectivity index (χ4v) is 1.61. The molecule has 0 atom stereocenters. The first kappa shape index (κ1) is 8.84. The van der Waals surface area contributed by atoms with Crippen molar-refractivity contribution < 1.29 is 0 Å². The number of pyridine rings is 1. The van der Waals surface area contributed by atoms with E-state index < -0.39 is 0 Å². The highest BCUT2D eigenvalue weighted by atomic mass is 16.1. The summed E-state index contributed by atoms with van der Waals surface area (Å²) in [6.07, 6.45) is 6.58. The molecule has 3 rings (SSSR count). The van der Waals surface area contributed by atoms with Crippen LogP contribution in [-0.4, -0.2) is 19.4 Å². The zero-order chi connectivity index (χ0) is 11.0. The van der Waals surface area contributed by atoms with Gasteiger partial charge in [-0.1, -0.05) is 0 Å². The molecule has 0 aliphatic carbocycles. The van der Waals surface area contributed by atoms with Gasteiger partial charge in [0.2, 0.25) is 5.78 Å². The Morgan fingerprint density at radius 2 is 2.00 bits per heavy atom. The van der Waals surface area contributed by atoms with E-state index in [9.17, 15) is 4.79 Å².